The standard InChI is InChI=1S/C40H64N6/c1-33(2)29-43-24-6-20-41-22-8-26-45-31-35-12-16-37(17-13-35)39-10-5-11-40(28-39)38-18-14-36(15-19-38)32-46-27-9-23-42-21-7-25-44-30-34(3)4/h5,10-19,28,33-34,41-46H,6-9,20-27,29-32H2,1-4H3. The molecule has 0 bridgehead atoms. The Morgan fingerprint density at radius 2 is 0.739 bits per heavy atom. The van der Waals surface area contributed by atoms with Crippen molar-refractivity contribution in [1.29, 1.82) is 0 Å². The molecule has 0 aliphatic rings. The Hall–Kier alpha value is -2.58. The summed E-state index contributed by atoms with van der Waals surface area (Å²) >= 11 is 0. The molecule has 0 aliphatic heterocycles. The summed E-state index contributed by atoms with van der Waals surface area (Å²) in [5.74, 6) is 1.45. The van der Waals surface area contributed by atoms with Gasteiger partial charge in [0.1, 0.15) is 0 Å². The van der Waals surface area contributed by atoms with Crippen LogP contribution in [0, 0.1) is 11.8 Å². The van der Waals surface area contributed by atoms with Crippen molar-refractivity contribution in [3.8, 4) is 22.3 Å². The van der Waals surface area contributed by atoms with Crippen LogP contribution in [0.2, 0.25) is 0 Å². The molecule has 46 heavy (non-hydrogen) atoms. The molecule has 0 aliphatic carbocycles. The van der Waals surface area contributed by atoms with Gasteiger partial charge in [-0.05, 0) is 142 Å². The van der Waals surface area contributed by atoms with Gasteiger partial charge < -0.3 is 31.9 Å². The van der Waals surface area contributed by atoms with Crippen LogP contribution in [0.5, 0.6) is 0 Å². The molecule has 0 saturated heterocycles. The highest BCUT2D eigenvalue weighted by Crippen LogP contribution is 2.27. The molecule has 0 spiro atoms. The lowest BCUT2D eigenvalue weighted by Gasteiger charge is -2.10. The summed E-state index contributed by atoms with van der Waals surface area (Å²) in [5.41, 5.74) is 7.69. The van der Waals surface area contributed by atoms with E-state index in [0.717, 1.165) is 103 Å². The number of hydrogen-bond acceptors (Lipinski definition) is 6. The highest BCUT2D eigenvalue weighted by Gasteiger charge is 2.04. The van der Waals surface area contributed by atoms with Crippen LogP contribution in [-0.4, -0.2) is 65.4 Å². The third kappa shape index (κ3) is 16.8. The molecule has 0 saturated carbocycles. The third-order valence-electron chi connectivity index (χ3n) is 8.03. The van der Waals surface area contributed by atoms with Crippen molar-refractivity contribution in [3.05, 3.63) is 83.9 Å². The molecule has 3 aromatic carbocycles. The molecule has 6 heteroatoms. The van der Waals surface area contributed by atoms with Crippen molar-refractivity contribution >= 4 is 0 Å². The molecule has 3 aromatic rings. The Morgan fingerprint density at radius 3 is 1.11 bits per heavy atom. The van der Waals surface area contributed by atoms with Gasteiger partial charge in [-0.1, -0.05) is 94.4 Å². The highest BCUT2D eigenvalue weighted by atomic mass is 14.9. The maximum absolute atomic E-state index is 3.59. The van der Waals surface area contributed by atoms with Gasteiger partial charge in [0.15, 0.2) is 0 Å². The Balaban J connectivity index is 1.29. The number of hydrogen-bond donors (Lipinski definition) is 6. The Morgan fingerprint density at radius 1 is 0.391 bits per heavy atom. The van der Waals surface area contributed by atoms with Crippen molar-refractivity contribution in [2.24, 2.45) is 11.8 Å². The van der Waals surface area contributed by atoms with E-state index in [4.69, 9.17) is 0 Å². The second-order valence-corrected chi connectivity index (χ2v) is 13.4. The van der Waals surface area contributed by atoms with Gasteiger partial charge in [-0.2, -0.15) is 0 Å². The molecular formula is C40H64N6. The highest BCUT2D eigenvalue weighted by molar-refractivity contribution is 5.73. The van der Waals surface area contributed by atoms with Crippen LogP contribution in [0.3, 0.4) is 0 Å². The molecule has 0 fully saturated rings. The van der Waals surface area contributed by atoms with Gasteiger partial charge >= 0.3 is 0 Å². The average molecular weight is 629 g/mol. The van der Waals surface area contributed by atoms with Crippen molar-refractivity contribution in [1.82, 2.24) is 31.9 Å². The minimum absolute atomic E-state index is 0.726. The van der Waals surface area contributed by atoms with E-state index in [1.165, 1.54) is 46.2 Å². The van der Waals surface area contributed by atoms with E-state index in [1.807, 2.05) is 0 Å². The predicted octanol–water partition coefficient (Wildman–Crippen LogP) is 6.43. The number of rotatable bonds is 26. The van der Waals surface area contributed by atoms with E-state index >= 15 is 0 Å². The fourth-order valence-corrected chi connectivity index (χ4v) is 5.36. The largest absolute Gasteiger partial charge is 0.317 e. The zero-order chi connectivity index (χ0) is 32.7. The summed E-state index contributed by atoms with van der Waals surface area (Å²) < 4.78 is 0. The minimum Gasteiger partial charge on any atom is -0.317 e. The molecule has 0 unspecified atom stereocenters. The fourth-order valence-electron chi connectivity index (χ4n) is 5.36. The molecular weight excluding hydrogens is 564 g/mol. The molecule has 0 amide bonds. The van der Waals surface area contributed by atoms with Crippen LogP contribution in [0.25, 0.3) is 22.3 Å². The summed E-state index contributed by atoms with van der Waals surface area (Å²) in [5, 5.41) is 21.3. The van der Waals surface area contributed by atoms with Crippen LogP contribution in [0.1, 0.15) is 64.5 Å². The first-order valence-corrected chi connectivity index (χ1v) is 18.0. The molecule has 0 atom stereocenters. The van der Waals surface area contributed by atoms with E-state index in [0.29, 0.717) is 0 Å². The van der Waals surface area contributed by atoms with Crippen molar-refractivity contribution < 1.29 is 0 Å². The van der Waals surface area contributed by atoms with Crippen LogP contribution >= 0.6 is 0 Å². The minimum atomic E-state index is 0.726. The average Bonchev–Trinajstić information content (AvgIpc) is 3.06. The van der Waals surface area contributed by atoms with Gasteiger partial charge in [0.25, 0.3) is 0 Å². The molecule has 6 N–H and O–H groups in total. The molecule has 0 radical (unpaired) electrons. The Labute approximate surface area is 281 Å². The van der Waals surface area contributed by atoms with Crippen molar-refractivity contribution in [2.45, 2.75) is 66.5 Å². The summed E-state index contributed by atoms with van der Waals surface area (Å²) in [6.07, 6.45) is 4.68. The molecule has 3 rings (SSSR count). The van der Waals surface area contributed by atoms with Gasteiger partial charge in [0.05, 0.1) is 0 Å². The Kier molecular flexibility index (Phi) is 19.5. The third-order valence-corrected chi connectivity index (χ3v) is 8.03. The van der Waals surface area contributed by atoms with Crippen molar-refractivity contribution in [3.63, 3.8) is 0 Å². The lowest BCUT2D eigenvalue weighted by Crippen LogP contribution is -2.26. The molecule has 254 valence electrons. The van der Waals surface area contributed by atoms with Crippen LogP contribution in [0.4, 0.5) is 0 Å². The summed E-state index contributed by atoms with van der Waals surface area (Å²) in [7, 11) is 0. The van der Waals surface area contributed by atoms with Crippen LogP contribution < -0.4 is 31.9 Å². The van der Waals surface area contributed by atoms with Crippen molar-refractivity contribution in [2.75, 3.05) is 65.4 Å². The van der Waals surface area contributed by atoms with Gasteiger partial charge in [0, 0.05) is 13.1 Å². The molecule has 0 aromatic heterocycles. The smallest absolute Gasteiger partial charge is 0.0205 e. The predicted molar refractivity (Wildman–Crippen MR) is 200 cm³/mol. The second-order valence-electron chi connectivity index (χ2n) is 13.4. The second kappa shape index (κ2) is 23.7. The molecule has 6 nitrogen and oxygen atoms in total. The number of benzene rings is 3. The SMILES string of the molecule is CC(C)CNCCCNCCCNCc1ccc(-c2cccc(-c3ccc(CNCCCNCCCNCC(C)C)cc3)c2)cc1. The number of nitrogens with one attached hydrogen (secondary N) is 6. The first-order chi connectivity index (χ1) is 22.5. The fraction of sp³-hybridized carbons (Fsp3) is 0.550. The quantitative estimate of drug-likeness (QED) is 0.0576. The molecule has 0 heterocycles. The first kappa shape index (κ1) is 37.9. The zero-order valence-corrected chi connectivity index (χ0v) is 29.4. The Bertz CT molecular complexity index is 1070. The zero-order valence-electron chi connectivity index (χ0n) is 29.4. The van der Waals surface area contributed by atoms with Gasteiger partial charge in [-0.25, -0.2) is 0 Å². The van der Waals surface area contributed by atoms with E-state index < -0.39 is 0 Å². The summed E-state index contributed by atoms with van der Waals surface area (Å²) in [6, 6.07) is 26.9. The van der Waals surface area contributed by atoms with E-state index in [1.54, 1.807) is 0 Å². The van der Waals surface area contributed by atoms with E-state index in [9.17, 15) is 0 Å². The topological polar surface area (TPSA) is 72.2 Å². The maximum atomic E-state index is 3.59. The first-order valence-electron chi connectivity index (χ1n) is 18.0. The normalized spacial score (nSPS) is 11.6. The summed E-state index contributed by atoms with van der Waals surface area (Å²) in [4.78, 5) is 0. The summed E-state index contributed by atoms with van der Waals surface area (Å²) in [6.45, 7) is 21.6. The van der Waals surface area contributed by atoms with Gasteiger partial charge in [0.2, 0.25) is 0 Å². The maximum Gasteiger partial charge on any atom is 0.0205 e. The van der Waals surface area contributed by atoms with Gasteiger partial charge in [-0.15, -0.1) is 0 Å². The lowest BCUT2D eigenvalue weighted by molar-refractivity contribution is 0.525. The van der Waals surface area contributed by atoms with Crippen LogP contribution in [-0.2, 0) is 13.1 Å². The van der Waals surface area contributed by atoms with E-state index in [2.05, 4.69) is 132 Å². The van der Waals surface area contributed by atoms with Gasteiger partial charge in [-0.3, -0.25) is 0 Å². The monoisotopic (exact) mass is 629 g/mol. The lowest BCUT2D eigenvalue weighted by atomic mass is 9.98. The van der Waals surface area contributed by atoms with E-state index in [-0.39, 0.29) is 0 Å². The van der Waals surface area contributed by atoms with Crippen LogP contribution in [0.15, 0.2) is 72.8 Å².